The monoisotopic (exact) mass is 916 g/mol. The van der Waals surface area contributed by atoms with E-state index in [2.05, 4.69) is 0 Å². The molecule has 368 valence electrons. The quantitative estimate of drug-likeness (QED) is 0.131. The number of hydrogen-bond acceptors (Lipinski definition) is 18. The summed E-state index contributed by atoms with van der Waals surface area (Å²) in [6.07, 6.45) is -8.49. The fourth-order valence-corrected chi connectivity index (χ4v) is 9.51. The number of rotatable bonds is 13. The number of likely N-dealkylation sites (N-methyl/N-ethyl adjacent to an activating group) is 1. The van der Waals surface area contributed by atoms with Crippen LogP contribution in [-0.2, 0) is 57.0 Å². The molecule has 4 aliphatic heterocycles. The van der Waals surface area contributed by atoms with Crippen LogP contribution in [-0.4, -0.2) is 187 Å². The summed E-state index contributed by atoms with van der Waals surface area (Å²) in [6, 6.07) is -0.748. The molecule has 0 bridgehead atoms. The molecule has 2 unspecified atom stereocenters. The number of carbonyl (C=O) groups excluding carboxylic acids is 3. The van der Waals surface area contributed by atoms with E-state index in [1.54, 1.807) is 59.7 Å². The molecular weight excluding hydrogens is 838 g/mol. The van der Waals surface area contributed by atoms with Crippen molar-refractivity contribution in [2.45, 2.75) is 191 Å². The summed E-state index contributed by atoms with van der Waals surface area (Å²) in [5, 5.41) is 55.8. The molecule has 3 fully saturated rings. The van der Waals surface area contributed by atoms with E-state index in [1.165, 1.54) is 27.2 Å². The van der Waals surface area contributed by atoms with Gasteiger partial charge in [0.15, 0.2) is 24.7 Å². The van der Waals surface area contributed by atoms with Crippen LogP contribution in [0.25, 0.3) is 0 Å². The standard InChI is InChI=1S/C46H77NO17/c1-13-33-30(22-58-45-42(57-12)41(56-11)37(52)26(5)60-45)18-23(2)14-15-31(49)24(3)19-29(16-17-48)39(25(4)32(50)20-34(51)62-33)64-44-38(53)36(47(9)10)40(27(6)61-44)63-35-21-46(8,55)43(54)28(7)59-35/h14-15,17-18,24-30,32-33,35-45,50,52-55H,13,16,19-22H2,1-12H3/b15-14+,23-18-/t24-,25+,26-,27-,28+,29+,30-,32-,33?,35+,36-,37-,38-,39?,40-,41-,42-,43+,44+,45-,46-/m0/s1. The smallest absolute Gasteiger partial charge is 0.308 e. The maximum atomic E-state index is 13.8. The molecule has 4 rings (SSSR count). The zero-order valence-electron chi connectivity index (χ0n) is 39.7. The van der Waals surface area contributed by atoms with Gasteiger partial charge in [-0.1, -0.05) is 38.5 Å². The van der Waals surface area contributed by atoms with Crippen molar-refractivity contribution in [3.05, 3.63) is 23.8 Å². The zero-order chi connectivity index (χ0) is 47.8. The van der Waals surface area contributed by atoms with Gasteiger partial charge in [-0.15, -0.1) is 0 Å². The highest BCUT2D eigenvalue weighted by Gasteiger charge is 2.52. The average molecular weight is 916 g/mol. The number of ketones is 1. The van der Waals surface area contributed by atoms with Crippen molar-refractivity contribution in [1.82, 2.24) is 4.90 Å². The summed E-state index contributed by atoms with van der Waals surface area (Å²) in [4.78, 5) is 41.5. The van der Waals surface area contributed by atoms with E-state index in [0.29, 0.717) is 12.0 Å². The highest BCUT2D eigenvalue weighted by molar-refractivity contribution is 5.91. The summed E-state index contributed by atoms with van der Waals surface area (Å²) in [5.74, 6) is -3.59. The first kappa shape index (κ1) is 54.3. The summed E-state index contributed by atoms with van der Waals surface area (Å²) < 4.78 is 54.7. The van der Waals surface area contributed by atoms with Crippen LogP contribution in [0.4, 0.5) is 0 Å². The minimum absolute atomic E-state index is 0.00788. The minimum Gasteiger partial charge on any atom is -0.462 e. The largest absolute Gasteiger partial charge is 0.462 e. The molecule has 0 aromatic carbocycles. The molecule has 0 radical (unpaired) electrons. The molecule has 18 heteroatoms. The van der Waals surface area contributed by atoms with E-state index in [4.69, 9.17) is 42.6 Å². The highest BCUT2D eigenvalue weighted by Crippen LogP contribution is 2.37. The molecule has 18 nitrogen and oxygen atoms in total. The van der Waals surface area contributed by atoms with Gasteiger partial charge in [-0.25, -0.2) is 0 Å². The summed E-state index contributed by atoms with van der Waals surface area (Å²) >= 11 is 0. The first-order valence-electron chi connectivity index (χ1n) is 22.7. The van der Waals surface area contributed by atoms with E-state index in [9.17, 15) is 39.9 Å². The number of aliphatic hydroxyl groups excluding tert-OH is 4. The van der Waals surface area contributed by atoms with Crippen molar-refractivity contribution in [2.75, 3.05) is 34.9 Å². The van der Waals surface area contributed by atoms with Crippen molar-refractivity contribution in [3.63, 3.8) is 0 Å². The van der Waals surface area contributed by atoms with Crippen LogP contribution in [0.15, 0.2) is 23.8 Å². The highest BCUT2D eigenvalue weighted by atomic mass is 16.7. The van der Waals surface area contributed by atoms with Crippen LogP contribution < -0.4 is 0 Å². The molecule has 21 atom stereocenters. The second kappa shape index (κ2) is 24.1. The van der Waals surface area contributed by atoms with Gasteiger partial charge in [0.1, 0.15) is 49.0 Å². The van der Waals surface area contributed by atoms with Crippen molar-refractivity contribution in [2.24, 2.45) is 23.7 Å². The number of allylic oxidation sites excluding steroid dienone is 3. The Morgan fingerprint density at radius 3 is 2.11 bits per heavy atom. The number of esters is 1. The van der Waals surface area contributed by atoms with Crippen LogP contribution in [0.1, 0.15) is 87.5 Å². The van der Waals surface area contributed by atoms with Crippen molar-refractivity contribution in [3.8, 4) is 0 Å². The van der Waals surface area contributed by atoms with Gasteiger partial charge in [0, 0.05) is 44.8 Å². The molecule has 0 saturated carbocycles. The Labute approximate surface area is 378 Å². The maximum absolute atomic E-state index is 13.8. The second-order valence-corrected chi connectivity index (χ2v) is 18.7. The number of carbonyl (C=O) groups is 3. The summed E-state index contributed by atoms with van der Waals surface area (Å²) in [5.41, 5.74) is -0.806. The van der Waals surface area contributed by atoms with Crippen molar-refractivity contribution >= 4 is 18.0 Å². The SMILES string of the molecule is CCC1OC(=O)C[C@H](O)[C@@H](C)C(O[C@H]2O[C@@H](C)[C@H](O[C@@H]3C[C@](C)(O)[C@H](O)[C@@H](C)O3)[C@@H](N(C)C)[C@@H]2O)[C@H](CC=O)C[C@H](C)C(=O)/C=C/C(C)=C\[C@H]1CO[C@H]1O[C@@H](C)[C@H](O)[C@H](OC)[C@@H]1OC. The predicted octanol–water partition coefficient (Wildman–Crippen LogP) is 1.83. The van der Waals surface area contributed by atoms with Gasteiger partial charge in [-0.2, -0.15) is 0 Å². The maximum Gasteiger partial charge on any atom is 0.308 e. The van der Waals surface area contributed by atoms with Gasteiger partial charge in [0.25, 0.3) is 0 Å². The number of hydrogen-bond donors (Lipinski definition) is 5. The molecule has 0 amide bonds. The van der Waals surface area contributed by atoms with Gasteiger partial charge >= 0.3 is 5.97 Å². The molecule has 3 saturated heterocycles. The Balaban J connectivity index is 1.62. The Hall–Kier alpha value is -2.27. The third-order valence-electron chi connectivity index (χ3n) is 13.4. The number of nitrogens with zero attached hydrogens (tertiary/aromatic N) is 1. The normalized spacial score (nSPS) is 45.9. The fourth-order valence-electron chi connectivity index (χ4n) is 9.51. The molecule has 0 aromatic rings. The first-order chi connectivity index (χ1) is 30.1. The topological polar surface area (TPSA) is 239 Å². The number of ether oxygens (including phenoxy) is 9. The van der Waals surface area contributed by atoms with Gasteiger partial charge in [0.2, 0.25) is 0 Å². The molecular formula is C46H77NO17. The van der Waals surface area contributed by atoms with Crippen molar-refractivity contribution in [1.29, 1.82) is 0 Å². The molecule has 0 aliphatic carbocycles. The molecule has 4 aliphatic rings. The summed E-state index contributed by atoms with van der Waals surface area (Å²) in [7, 11) is 6.43. The van der Waals surface area contributed by atoms with Gasteiger partial charge in [-0.3, -0.25) is 9.59 Å². The van der Waals surface area contributed by atoms with Crippen LogP contribution in [0.2, 0.25) is 0 Å². The zero-order valence-corrected chi connectivity index (χ0v) is 39.7. The van der Waals surface area contributed by atoms with E-state index in [1.807, 2.05) is 19.9 Å². The van der Waals surface area contributed by atoms with Crippen LogP contribution >= 0.6 is 0 Å². The molecule has 4 heterocycles. The van der Waals surface area contributed by atoms with Gasteiger partial charge < -0.3 is 77.9 Å². The molecule has 0 aromatic heterocycles. The third-order valence-corrected chi connectivity index (χ3v) is 13.4. The van der Waals surface area contributed by atoms with E-state index in [-0.39, 0.29) is 31.7 Å². The van der Waals surface area contributed by atoms with E-state index >= 15 is 0 Å². The van der Waals surface area contributed by atoms with Gasteiger partial charge in [0.05, 0.1) is 55.2 Å². The lowest BCUT2D eigenvalue weighted by atomic mass is 9.79. The Morgan fingerprint density at radius 2 is 1.52 bits per heavy atom. The Kier molecular flexibility index (Phi) is 20.5. The van der Waals surface area contributed by atoms with E-state index < -0.39 is 140 Å². The Morgan fingerprint density at radius 1 is 0.859 bits per heavy atom. The molecule has 64 heavy (non-hydrogen) atoms. The van der Waals surface area contributed by atoms with Crippen LogP contribution in [0.5, 0.6) is 0 Å². The van der Waals surface area contributed by atoms with Crippen molar-refractivity contribution < 1.29 is 82.5 Å². The number of aliphatic hydroxyl groups is 5. The predicted molar refractivity (Wildman–Crippen MR) is 230 cm³/mol. The fraction of sp³-hybridized carbons (Fsp3) is 0.848. The van der Waals surface area contributed by atoms with E-state index in [0.717, 1.165) is 6.29 Å². The number of aldehydes is 1. The minimum atomic E-state index is -1.49. The third kappa shape index (κ3) is 13.5. The average Bonchev–Trinajstić information content (AvgIpc) is 3.23. The molecule has 5 N–H and O–H groups in total. The van der Waals surface area contributed by atoms with Gasteiger partial charge in [-0.05, 0) is 73.5 Å². The second-order valence-electron chi connectivity index (χ2n) is 18.7. The molecule has 0 spiro atoms. The number of cyclic esters (lactones) is 1. The lowest BCUT2D eigenvalue weighted by molar-refractivity contribution is -0.341. The summed E-state index contributed by atoms with van der Waals surface area (Å²) in [6.45, 7) is 13.6. The lowest BCUT2D eigenvalue weighted by Crippen LogP contribution is -2.65. The Bertz CT molecular complexity index is 1560. The first-order valence-corrected chi connectivity index (χ1v) is 22.7. The lowest BCUT2D eigenvalue weighted by Gasteiger charge is -2.50. The van der Waals surface area contributed by atoms with Crippen LogP contribution in [0.3, 0.4) is 0 Å². The van der Waals surface area contributed by atoms with Crippen LogP contribution in [0, 0.1) is 23.7 Å². The number of methoxy groups -OCH3 is 2.